The van der Waals surface area contributed by atoms with Crippen LogP contribution >= 0.6 is 0 Å². The minimum Gasteiger partial charge on any atom is -0.479 e. The first-order valence-electron chi connectivity index (χ1n) is 4.91. The first kappa shape index (κ1) is 18.2. The number of carbonyl (C=O) groups is 2. The number of rotatable bonds is 7. The van der Waals surface area contributed by atoms with Gasteiger partial charge >= 0.3 is 11.9 Å². The molecule has 0 amide bonds. The monoisotopic (exact) mass is 254 g/mol. The summed E-state index contributed by atoms with van der Waals surface area (Å²) in [5.74, 6) is -3.54. The zero-order valence-corrected chi connectivity index (χ0v) is 9.19. The van der Waals surface area contributed by atoms with Gasteiger partial charge < -0.3 is 30.6 Å². The lowest BCUT2D eigenvalue weighted by Gasteiger charge is -2.07. The molecule has 17 heavy (non-hydrogen) atoms. The third-order valence-corrected chi connectivity index (χ3v) is 1.62. The van der Waals surface area contributed by atoms with Crippen molar-refractivity contribution in [2.24, 2.45) is 0 Å². The molecule has 0 aliphatic heterocycles. The van der Waals surface area contributed by atoms with Gasteiger partial charge in [0.25, 0.3) is 0 Å². The molecule has 0 heterocycles. The van der Waals surface area contributed by atoms with Crippen LogP contribution in [0.2, 0.25) is 0 Å². The van der Waals surface area contributed by atoms with Crippen molar-refractivity contribution in [3.8, 4) is 0 Å². The molecule has 0 spiro atoms. The number of aliphatic hydroxyl groups excluding tert-OH is 4. The van der Waals surface area contributed by atoms with E-state index in [1.807, 2.05) is 0 Å². The second-order valence-electron chi connectivity index (χ2n) is 3.07. The smallest absolute Gasteiger partial charge is 0.335 e. The second-order valence-corrected chi connectivity index (χ2v) is 3.07. The van der Waals surface area contributed by atoms with Crippen molar-refractivity contribution in [3.05, 3.63) is 0 Å². The molecule has 0 aromatic rings. The molecular formula is C9H18O8. The number of carboxylic acids is 2. The molecular weight excluding hydrogens is 236 g/mol. The Labute approximate surface area is 97.8 Å². The predicted octanol–water partition coefficient (Wildman–Crippen LogP) is -1.98. The number of carboxylic acid groups (broad SMARTS) is 2. The Balaban J connectivity index is 0. The van der Waals surface area contributed by atoms with Gasteiger partial charge in [0.05, 0.1) is 0 Å². The van der Waals surface area contributed by atoms with Crippen molar-refractivity contribution < 1.29 is 40.2 Å². The molecule has 0 saturated carbocycles. The van der Waals surface area contributed by atoms with Crippen LogP contribution in [0.1, 0.15) is 19.3 Å². The Hall–Kier alpha value is -1.22. The summed E-state index contributed by atoms with van der Waals surface area (Å²) in [4.78, 5) is 19.5. The molecule has 0 aliphatic rings. The quantitative estimate of drug-likeness (QED) is 0.285. The predicted molar refractivity (Wildman–Crippen MR) is 55.3 cm³/mol. The lowest BCUT2D eigenvalue weighted by molar-refractivity contribution is -0.165. The zero-order chi connectivity index (χ0) is 13.8. The fourth-order valence-electron chi connectivity index (χ4n) is 0.670. The lowest BCUT2D eigenvalue weighted by Crippen LogP contribution is -2.39. The minimum absolute atomic E-state index is 0.250. The molecule has 8 nitrogen and oxygen atoms in total. The Morgan fingerprint density at radius 3 is 1.24 bits per heavy atom. The highest BCUT2D eigenvalue weighted by atomic mass is 16.4. The van der Waals surface area contributed by atoms with Crippen LogP contribution in [0.15, 0.2) is 0 Å². The second kappa shape index (κ2) is 11.3. The Morgan fingerprint density at radius 1 is 0.765 bits per heavy atom. The maximum atomic E-state index is 9.77. The fourth-order valence-corrected chi connectivity index (χ4v) is 0.670. The highest BCUT2D eigenvalue weighted by Gasteiger charge is 2.29. The van der Waals surface area contributed by atoms with Gasteiger partial charge in [-0.15, -0.1) is 0 Å². The van der Waals surface area contributed by atoms with Crippen molar-refractivity contribution >= 4 is 11.9 Å². The molecule has 0 aromatic carbocycles. The summed E-state index contributed by atoms with van der Waals surface area (Å²) >= 11 is 0. The molecule has 2 unspecified atom stereocenters. The van der Waals surface area contributed by atoms with Crippen LogP contribution < -0.4 is 0 Å². The van der Waals surface area contributed by atoms with Crippen LogP contribution in [0.5, 0.6) is 0 Å². The molecule has 0 radical (unpaired) electrons. The van der Waals surface area contributed by atoms with Crippen molar-refractivity contribution in [1.29, 1.82) is 0 Å². The topological polar surface area (TPSA) is 156 Å². The van der Waals surface area contributed by atoms with Gasteiger partial charge in [0.1, 0.15) is 0 Å². The molecule has 2 atom stereocenters. The zero-order valence-electron chi connectivity index (χ0n) is 9.19. The summed E-state index contributed by atoms with van der Waals surface area (Å²) in [6, 6.07) is 0. The van der Waals surface area contributed by atoms with Crippen LogP contribution in [0.3, 0.4) is 0 Å². The SMILES string of the molecule is O=C(O)C(O)C(O)C(=O)O.OCCCCCO. The summed E-state index contributed by atoms with van der Waals surface area (Å²) in [5, 5.41) is 48.9. The summed E-state index contributed by atoms with van der Waals surface area (Å²) in [6.45, 7) is 0.500. The van der Waals surface area contributed by atoms with E-state index in [4.69, 9.17) is 30.6 Å². The molecule has 0 aromatic heterocycles. The van der Waals surface area contributed by atoms with Crippen molar-refractivity contribution in [1.82, 2.24) is 0 Å². The number of hydrogen-bond acceptors (Lipinski definition) is 6. The van der Waals surface area contributed by atoms with Crippen LogP contribution in [-0.2, 0) is 9.59 Å². The molecule has 0 rings (SSSR count). The third-order valence-electron chi connectivity index (χ3n) is 1.62. The van der Waals surface area contributed by atoms with Gasteiger partial charge in [0.2, 0.25) is 0 Å². The van der Waals surface area contributed by atoms with E-state index < -0.39 is 24.1 Å². The van der Waals surface area contributed by atoms with Gasteiger partial charge in [-0.3, -0.25) is 0 Å². The highest BCUT2D eigenvalue weighted by molar-refractivity contribution is 5.83. The van der Waals surface area contributed by atoms with Crippen LogP contribution in [0, 0.1) is 0 Å². The van der Waals surface area contributed by atoms with Crippen molar-refractivity contribution in [2.45, 2.75) is 31.5 Å². The fraction of sp³-hybridized carbons (Fsp3) is 0.778. The normalized spacial score (nSPS) is 13.2. The molecule has 0 aliphatic carbocycles. The number of hydrogen-bond donors (Lipinski definition) is 6. The van der Waals surface area contributed by atoms with E-state index in [2.05, 4.69) is 0 Å². The molecule has 6 N–H and O–H groups in total. The Bertz CT molecular complexity index is 195. The first-order chi connectivity index (χ1) is 7.88. The van der Waals surface area contributed by atoms with Crippen LogP contribution in [0.4, 0.5) is 0 Å². The summed E-state index contributed by atoms with van der Waals surface area (Å²) < 4.78 is 0. The van der Waals surface area contributed by atoms with Gasteiger partial charge in [0.15, 0.2) is 12.2 Å². The van der Waals surface area contributed by atoms with Crippen LogP contribution in [0.25, 0.3) is 0 Å². The molecule has 0 saturated heterocycles. The average Bonchev–Trinajstić information content (AvgIpc) is 2.28. The van der Waals surface area contributed by atoms with E-state index in [9.17, 15) is 9.59 Å². The van der Waals surface area contributed by atoms with E-state index >= 15 is 0 Å². The first-order valence-corrected chi connectivity index (χ1v) is 4.91. The van der Waals surface area contributed by atoms with Crippen molar-refractivity contribution in [2.75, 3.05) is 13.2 Å². The van der Waals surface area contributed by atoms with Gasteiger partial charge in [-0.2, -0.15) is 0 Å². The van der Waals surface area contributed by atoms with E-state index in [0.717, 1.165) is 19.3 Å². The Morgan fingerprint density at radius 2 is 1.06 bits per heavy atom. The standard InChI is InChI=1S/C5H12O2.C4H6O6/c6-4-2-1-3-5-7;5-1(3(7)8)2(6)4(9)10/h6-7H,1-5H2;1-2,5-6H,(H,7,8)(H,9,10). The van der Waals surface area contributed by atoms with Crippen molar-refractivity contribution in [3.63, 3.8) is 0 Å². The summed E-state index contributed by atoms with van der Waals surface area (Å²) in [5.41, 5.74) is 0. The number of aliphatic carboxylic acids is 2. The molecule has 0 fully saturated rings. The lowest BCUT2D eigenvalue weighted by atomic mass is 10.2. The van der Waals surface area contributed by atoms with E-state index in [1.54, 1.807) is 0 Å². The third kappa shape index (κ3) is 11.1. The summed E-state index contributed by atoms with van der Waals surface area (Å²) in [7, 11) is 0. The maximum absolute atomic E-state index is 9.77. The van der Waals surface area contributed by atoms with Gasteiger partial charge in [-0.1, -0.05) is 0 Å². The molecule has 102 valence electrons. The Kier molecular flexibility index (Phi) is 12.0. The maximum Gasteiger partial charge on any atom is 0.335 e. The van der Waals surface area contributed by atoms with Gasteiger partial charge in [-0.05, 0) is 19.3 Å². The number of unbranched alkanes of at least 4 members (excludes halogenated alkanes) is 2. The molecule has 0 bridgehead atoms. The number of aliphatic hydroxyl groups is 4. The summed E-state index contributed by atoms with van der Waals surface area (Å²) in [6.07, 6.45) is -1.95. The van der Waals surface area contributed by atoms with Gasteiger partial charge in [0, 0.05) is 13.2 Å². The van der Waals surface area contributed by atoms with Gasteiger partial charge in [-0.25, -0.2) is 9.59 Å². The minimum atomic E-state index is -2.27. The van der Waals surface area contributed by atoms with E-state index in [0.29, 0.717) is 0 Å². The van der Waals surface area contributed by atoms with Crippen LogP contribution in [-0.4, -0.2) is 68.0 Å². The van der Waals surface area contributed by atoms with E-state index in [1.165, 1.54) is 0 Å². The van der Waals surface area contributed by atoms with E-state index in [-0.39, 0.29) is 13.2 Å². The molecule has 8 heteroatoms. The largest absolute Gasteiger partial charge is 0.479 e. The average molecular weight is 254 g/mol. The highest BCUT2D eigenvalue weighted by Crippen LogP contribution is 1.92.